The van der Waals surface area contributed by atoms with Gasteiger partial charge in [0.1, 0.15) is 16.4 Å². The summed E-state index contributed by atoms with van der Waals surface area (Å²) in [6, 6.07) is 3.48. The number of ether oxygens (including phenoxy) is 2. The molecule has 1 spiro atoms. The van der Waals surface area contributed by atoms with Crippen LogP contribution in [0.15, 0.2) is 30.7 Å². The summed E-state index contributed by atoms with van der Waals surface area (Å²) < 4.78 is 10.9. The molecule has 4 aromatic heterocycles. The van der Waals surface area contributed by atoms with Crippen molar-refractivity contribution in [3.8, 4) is 16.9 Å². The first-order chi connectivity index (χ1) is 17.9. The largest absolute Gasteiger partial charge is 0.494 e. The van der Waals surface area contributed by atoms with Gasteiger partial charge in [-0.3, -0.25) is 15.1 Å². The highest BCUT2D eigenvalue weighted by molar-refractivity contribution is 7.22. The smallest absolute Gasteiger partial charge is 0.259 e. The number of hydrogen-bond acceptors (Lipinski definition) is 10. The number of fused-ring (bicyclic) bond motifs is 1. The predicted octanol–water partition coefficient (Wildman–Crippen LogP) is 4.38. The van der Waals surface area contributed by atoms with Crippen molar-refractivity contribution in [3.05, 3.63) is 47.1 Å². The molecule has 0 radical (unpaired) electrons. The maximum absolute atomic E-state index is 13.4. The summed E-state index contributed by atoms with van der Waals surface area (Å²) in [5.41, 5.74) is 3.37. The fraction of sp³-hybridized carbons (Fsp3) is 0.360. The zero-order valence-electron chi connectivity index (χ0n) is 20.3. The molecule has 0 saturated carbocycles. The summed E-state index contributed by atoms with van der Waals surface area (Å²) in [4.78, 5) is 38.5. The number of amides is 1. The van der Waals surface area contributed by atoms with Crippen LogP contribution in [-0.4, -0.2) is 64.2 Å². The fourth-order valence-corrected chi connectivity index (χ4v) is 5.67. The highest BCUT2D eigenvalue weighted by Gasteiger charge is 2.41. The number of carbonyl (C=O) groups is 1. The number of thiazole rings is 1. The Balaban J connectivity index is 1.25. The second kappa shape index (κ2) is 9.47. The average Bonchev–Trinajstić information content (AvgIpc) is 3.29. The van der Waals surface area contributed by atoms with Crippen LogP contribution in [0, 0.1) is 12.3 Å². The van der Waals surface area contributed by atoms with E-state index in [4.69, 9.17) is 26.1 Å². The second-order valence-electron chi connectivity index (χ2n) is 9.39. The zero-order valence-corrected chi connectivity index (χ0v) is 21.9. The van der Waals surface area contributed by atoms with Gasteiger partial charge in [0.05, 0.1) is 38.3 Å². The number of anilines is 2. The molecule has 2 aliphatic rings. The van der Waals surface area contributed by atoms with E-state index in [0.717, 1.165) is 49.7 Å². The molecule has 0 bridgehead atoms. The lowest BCUT2D eigenvalue weighted by molar-refractivity contribution is -0.124. The van der Waals surface area contributed by atoms with Crippen LogP contribution in [0.3, 0.4) is 0 Å². The van der Waals surface area contributed by atoms with Gasteiger partial charge in [-0.1, -0.05) is 22.9 Å². The summed E-state index contributed by atoms with van der Waals surface area (Å²) in [5.74, 6) is 0.838. The first kappa shape index (κ1) is 24.0. The molecular weight excluding hydrogens is 514 g/mol. The van der Waals surface area contributed by atoms with Crippen molar-refractivity contribution in [2.45, 2.75) is 19.8 Å². The van der Waals surface area contributed by atoms with Gasteiger partial charge in [-0.15, -0.1) is 0 Å². The van der Waals surface area contributed by atoms with Gasteiger partial charge >= 0.3 is 0 Å². The third kappa shape index (κ3) is 4.58. The lowest BCUT2D eigenvalue weighted by Gasteiger charge is -2.47. The maximum atomic E-state index is 13.4. The molecule has 6 heterocycles. The fourth-order valence-electron chi connectivity index (χ4n) is 4.71. The Bertz CT molecular complexity index is 1500. The van der Waals surface area contributed by atoms with Gasteiger partial charge in [-0.25, -0.2) is 15.0 Å². The lowest BCUT2D eigenvalue weighted by atomic mass is 9.77. The maximum Gasteiger partial charge on any atom is 0.259 e. The molecule has 4 aromatic rings. The monoisotopic (exact) mass is 537 g/mol. The number of methoxy groups -OCH3 is 1. The molecule has 12 heteroatoms. The van der Waals surface area contributed by atoms with Crippen LogP contribution in [0.1, 0.15) is 28.9 Å². The number of nitrogens with zero attached hydrogens (tertiary/aromatic N) is 6. The van der Waals surface area contributed by atoms with E-state index >= 15 is 0 Å². The van der Waals surface area contributed by atoms with E-state index in [-0.39, 0.29) is 5.91 Å². The molecule has 2 saturated heterocycles. The number of aromatic nitrogens is 5. The van der Waals surface area contributed by atoms with E-state index in [0.29, 0.717) is 49.6 Å². The summed E-state index contributed by atoms with van der Waals surface area (Å²) >= 11 is 7.46. The van der Waals surface area contributed by atoms with Crippen molar-refractivity contribution in [2.75, 3.05) is 43.6 Å². The van der Waals surface area contributed by atoms with E-state index in [1.165, 1.54) is 23.7 Å². The van der Waals surface area contributed by atoms with Gasteiger partial charge in [0.15, 0.2) is 9.96 Å². The van der Waals surface area contributed by atoms with Crippen molar-refractivity contribution in [1.29, 1.82) is 0 Å². The molecule has 37 heavy (non-hydrogen) atoms. The van der Waals surface area contributed by atoms with Crippen LogP contribution in [0.25, 0.3) is 21.5 Å². The third-order valence-corrected chi connectivity index (χ3v) is 8.00. The molecule has 6 rings (SSSR count). The standard InChI is InChI=1S/C25H24ClN7O3S/c1-14-7-15(16-8-20(26)28-11-19(16)35-2)17(9-27-14)21(34)31-24-30-18-10-29-23(32-22(18)37-24)33-5-3-25(4-6-33)12-36-13-25/h7-11H,3-6,12-13H2,1-2H3,(H,30,31,34). The van der Waals surface area contributed by atoms with Crippen molar-refractivity contribution in [1.82, 2.24) is 24.9 Å². The Labute approximate surface area is 222 Å². The van der Waals surface area contributed by atoms with E-state index in [1.807, 2.05) is 13.0 Å². The molecule has 1 N–H and O–H groups in total. The molecule has 0 aliphatic carbocycles. The Morgan fingerprint density at radius 3 is 2.65 bits per heavy atom. The van der Waals surface area contributed by atoms with Gasteiger partial charge in [-0.05, 0) is 31.9 Å². The van der Waals surface area contributed by atoms with Crippen LogP contribution < -0.4 is 15.0 Å². The third-order valence-electron chi connectivity index (χ3n) is 6.91. The highest BCUT2D eigenvalue weighted by atomic mass is 35.5. The molecular formula is C25H24ClN7O3S. The number of piperidine rings is 1. The zero-order chi connectivity index (χ0) is 25.6. The van der Waals surface area contributed by atoms with Gasteiger partial charge in [-0.2, -0.15) is 4.98 Å². The average molecular weight is 538 g/mol. The second-order valence-corrected chi connectivity index (χ2v) is 10.8. The minimum atomic E-state index is -0.353. The van der Waals surface area contributed by atoms with E-state index < -0.39 is 0 Å². The Kier molecular flexibility index (Phi) is 6.13. The minimum Gasteiger partial charge on any atom is -0.494 e. The summed E-state index contributed by atoms with van der Waals surface area (Å²) in [5, 5.41) is 3.62. The molecule has 0 unspecified atom stereocenters. The van der Waals surface area contributed by atoms with Crippen molar-refractivity contribution in [3.63, 3.8) is 0 Å². The first-order valence-electron chi connectivity index (χ1n) is 11.9. The van der Waals surface area contributed by atoms with Gasteiger partial charge in [0, 0.05) is 41.5 Å². The van der Waals surface area contributed by atoms with Crippen molar-refractivity contribution in [2.24, 2.45) is 5.41 Å². The number of rotatable bonds is 5. The van der Waals surface area contributed by atoms with Crippen LogP contribution in [0.5, 0.6) is 5.75 Å². The van der Waals surface area contributed by atoms with Gasteiger partial charge in [0.2, 0.25) is 5.95 Å². The number of nitrogens with one attached hydrogen (secondary N) is 1. The van der Waals surface area contributed by atoms with E-state index in [1.54, 1.807) is 19.4 Å². The molecule has 2 fully saturated rings. The number of aryl methyl sites for hydroxylation is 1. The molecule has 2 aliphatic heterocycles. The number of hydrogen-bond donors (Lipinski definition) is 1. The van der Waals surface area contributed by atoms with Crippen LogP contribution in [0.2, 0.25) is 5.15 Å². The summed E-state index contributed by atoms with van der Waals surface area (Å²) in [7, 11) is 1.54. The Morgan fingerprint density at radius 2 is 1.92 bits per heavy atom. The number of carbonyl (C=O) groups excluding carboxylic acids is 1. The number of halogens is 1. The predicted molar refractivity (Wildman–Crippen MR) is 142 cm³/mol. The molecule has 0 atom stereocenters. The Hall–Kier alpha value is -3.41. The molecule has 0 aromatic carbocycles. The van der Waals surface area contributed by atoms with Crippen LogP contribution in [-0.2, 0) is 4.74 Å². The topological polar surface area (TPSA) is 115 Å². The number of pyridine rings is 2. The van der Waals surface area contributed by atoms with Crippen LogP contribution >= 0.6 is 22.9 Å². The van der Waals surface area contributed by atoms with Crippen molar-refractivity contribution >= 4 is 50.3 Å². The minimum absolute atomic E-state index is 0.294. The molecule has 1 amide bonds. The first-order valence-corrected chi connectivity index (χ1v) is 13.1. The SMILES string of the molecule is COc1cnc(Cl)cc1-c1cc(C)ncc1C(=O)Nc1nc2cnc(N3CCC4(CC3)COC4)nc2s1. The Morgan fingerprint density at radius 1 is 1.11 bits per heavy atom. The molecule has 10 nitrogen and oxygen atoms in total. The van der Waals surface area contributed by atoms with Gasteiger partial charge < -0.3 is 14.4 Å². The summed E-state index contributed by atoms with van der Waals surface area (Å²) in [6.07, 6.45) is 6.94. The van der Waals surface area contributed by atoms with Crippen molar-refractivity contribution < 1.29 is 14.3 Å². The van der Waals surface area contributed by atoms with E-state index in [9.17, 15) is 4.79 Å². The highest BCUT2D eigenvalue weighted by Crippen LogP contribution is 2.39. The van der Waals surface area contributed by atoms with E-state index in [2.05, 4.69) is 30.2 Å². The molecule has 190 valence electrons. The summed E-state index contributed by atoms with van der Waals surface area (Å²) in [6.45, 7) is 5.38. The lowest BCUT2D eigenvalue weighted by Crippen LogP contribution is -2.51. The van der Waals surface area contributed by atoms with Gasteiger partial charge in [0.25, 0.3) is 5.91 Å². The quantitative estimate of drug-likeness (QED) is 0.370. The van der Waals surface area contributed by atoms with Crippen LogP contribution in [0.4, 0.5) is 11.1 Å². The normalized spacial score (nSPS) is 16.6.